The van der Waals surface area contributed by atoms with Crippen molar-refractivity contribution in [3.8, 4) is 0 Å². The monoisotopic (exact) mass is 315 g/mol. The molecule has 0 bridgehead atoms. The van der Waals surface area contributed by atoms with Crippen LogP contribution in [0.3, 0.4) is 0 Å². The van der Waals surface area contributed by atoms with E-state index in [1.54, 1.807) is 6.92 Å². The van der Waals surface area contributed by atoms with Crippen LogP contribution in [0.15, 0.2) is 23.1 Å². The Hall–Kier alpha value is -0.980. The maximum Gasteiger partial charge on any atom is 0.241 e. The molecule has 1 aliphatic carbocycles. The van der Waals surface area contributed by atoms with E-state index >= 15 is 0 Å². The van der Waals surface area contributed by atoms with E-state index in [1.807, 2.05) is 0 Å². The standard InChI is InChI=1S/C15H22FNO3S/c1-11-4-3-7-15(9-11,10-18)17-21(19,20)14-6-5-13(16)8-12(14)2/h5-6,8,11,17-18H,3-4,7,9-10H2,1-2H3. The molecular weight excluding hydrogens is 293 g/mol. The molecule has 118 valence electrons. The molecule has 2 N–H and O–H groups in total. The summed E-state index contributed by atoms with van der Waals surface area (Å²) in [6.07, 6.45) is 3.15. The van der Waals surface area contributed by atoms with Crippen molar-refractivity contribution in [2.75, 3.05) is 6.61 Å². The van der Waals surface area contributed by atoms with Gasteiger partial charge in [-0.05, 0) is 49.4 Å². The number of nitrogens with one attached hydrogen (secondary N) is 1. The van der Waals surface area contributed by atoms with E-state index in [4.69, 9.17) is 0 Å². The molecule has 0 aliphatic heterocycles. The van der Waals surface area contributed by atoms with Gasteiger partial charge in [-0.2, -0.15) is 0 Å². The van der Waals surface area contributed by atoms with E-state index in [2.05, 4.69) is 11.6 Å². The second-order valence-electron chi connectivity index (χ2n) is 6.16. The average Bonchev–Trinajstić information content (AvgIpc) is 2.37. The van der Waals surface area contributed by atoms with Crippen molar-refractivity contribution >= 4 is 10.0 Å². The third kappa shape index (κ3) is 3.62. The smallest absolute Gasteiger partial charge is 0.241 e. The van der Waals surface area contributed by atoms with Crippen LogP contribution in [0.25, 0.3) is 0 Å². The number of benzene rings is 1. The summed E-state index contributed by atoms with van der Waals surface area (Å²) in [7, 11) is -3.78. The maximum absolute atomic E-state index is 13.1. The van der Waals surface area contributed by atoms with E-state index in [0.717, 1.165) is 18.9 Å². The molecule has 0 aromatic heterocycles. The third-order valence-corrected chi connectivity index (χ3v) is 5.91. The molecule has 0 amide bonds. The molecule has 2 rings (SSSR count). The zero-order valence-electron chi connectivity index (χ0n) is 12.4. The first kappa shape index (κ1) is 16.4. The molecule has 6 heteroatoms. The molecule has 0 radical (unpaired) electrons. The van der Waals surface area contributed by atoms with Crippen LogP contribution in [-0.2, 0) is 10.0 Å². The number of aliphatic hydroxyl groups is 1. The quantitative estimate of drug-likeness (QED) is 0.896. The van der Waals surface area contributed by atoms with Crippen LogP contribution in [0.2, 0.25) is 0 Å². The van der Waals surface area contributed by atoms with Crippen LogP contribution in [0, 0.1) is 18.7 Å². The Balaban J connectivity index is 2.31. The topological polar surface area (TPSA) is 66.4 Å². The van der Waals surface area contributed by atoms with Crippen LogP contribution in [-0.4, -0.2) is 25.7 Å². The SMILES string of the molecule is Cc1cc(F)ccc1S(=O)(=O)NC1(CO)CCCC(C)C1. The lowest BCUT2D eigenvalue weighted by atomic mass is 9.78. The molecule has 4 nitrogen and oxygen atoms in total. The van der Waals surface area contributed by atoms with Gasteiger partial charge in [-0.25, -0.2) is 17.5 Å². The molecule has 2 atom stereocenters. The average molecular weight is 315 g/mol. The van der Waals surface area contributed by atoms with E-state index in [-0.39, 0.29) is 11.5 Å². The van der Waals surface area contributed by atoms with Crippen LogP contribution in [0.5, 0.6) is 0 Å². The predicted octanol–water partition coefficient (Wildman–Crippen LogP) is 2.35. The lowest BCUT2D eigenvalue weighted by Gasteiger charge is -2.39. The molecular formula is C15H22FNO3S. The summed E-state index contributed by atoms with van der Waals surface area (Å²) in [6.45, 7) is 3.39. The number of sulfonamides is 1. The summed E-state index contributed by atoms with van der Waals surface area (Å²) >= 11 is 0. The van der Waals surface area contributed by atoms with Gasteiger partial charge in [-0.1, -0.05) is 19.8 Å². The van der Waals surface area contributed by atoms with Gasteiger partial charge < -0.3 is 5.11 Å². The number of aryl methyl sites for hydroxylation is 1. The molecule has 0 saturated heterocycles. The van der Waals surface area contributed by atoms with Gasteiger partial charge in [0.1, 0.15) is 5.82 Å². The van der Waals surface area contributed by atoms with Gasteiger partial charge >= 0.3 is 0 Å². The molecule has 1 saturated carbocycles. The van der Waals surface area contributed by atoms with Crippen molar-refractivity contribution in [1.82, 2.24) is 4.72 Å². The van der Waals surface area contributed by atoms with Crippen molar-refractivity contribution in [3.63, 3.8) is 0 Å². The number of rotatable bonds is 4. The Kier molecular flexibility index (Phi) is 4.70. The Morgan fingerprint density at radius 2 is 2.19 bits per heavy atom. The molecule has 21 heavy (non-hydrogen) atoms. The van der Waals surface area contributed by atoms with E-state index in [0.29, 0.717) is 24.3 Å². The van der Waals surface area contributed by atoms with Gasteiger partial charge in [0.05, 0.1) is 17.0 Å². The largest absolute Gasteiger partial charge is 0.394 e. The predicted molar refractivity (Wildman–Crippen MR) is 78.9 cm³/mol. The third-order valence-electron chi connectivity index (χ3n) is 4.17. The van der Waals surface area contributed by atoms with Crippen molar-refractivity contribution < 1.29 is 17.9 Å². The van der Waals surface area contributed by atoms with Crippen LogP contribution < -0.4 is 4.72 Å². The minimum absolute atomic E-state index is 0.0648. The number of hydrogen-bond acceptors (Lipinski definition) is 3. The van der Waals surface area contributed by atoms with Crippen LogP contribution in [0.1, 0.15) is 38.2 Å². The number of halogens is 1. The summed E-state index contributed by atoms with van der Waals surface area (Å²) < 4.78 is 40.9. The summed E-state index contributed by atoms with van der Waals surface area (Å²) in [4.78, 5) is 0.0648. The highest BCUT2D eigenvalue weighted by atomic mass is 32.2. The number of hydrogen-bond donors (Lipinski definition) is 2. The van der Waals surface area contributed by atoms with Crippen molar-refractivity contribution in [3.05, 3.63) is 29.6 Å². The highest BCUT2D eigenvalue weighted by Gasteiger charge is 2.38. The van der Waals surface area contributed by atoms with Gasteiger partial charge in [0, 0.05) is 0 Å². The van der Waals surface area contributed by atoms with Gasteiger partial charge in [0.25, 0.3) is 0 Å². The summed E-state index contributed by atoms with van der Waals surface area (Å²) in [5.41, 5.74) is -0.448. The molecule has 1 aromatic rings. The Bertz CT molecular complexity index is 617. The zero-order chi connectivity index (χ0) is 15.7. The summed E-state index contributed by atoms with van der Waals surface area (Å²) in [5.74, 6) is -0.0995. The van der Waals surface area contributed by atoms with Gasteiger partial charge in [0.2, 0.25) is 10.0 Å². The van der Waals surface area contributed by atoms with Crippen LogP contribution in [0.4, 0.5) is 4.39 Å². The first-order valence-corrected chi connectivity index (χ1v) is 8.67. The molecule has 1 aliphatic rings. The van der Waals surface area contributed by atoms with E-state index in [1.165, 1.54) is 12.1 Å². The number of aliphatic hydroxyl groups excluding tert-OH is 1. The molecule has 1 fully saturated rings. The maximum atomic E-state index is 13.1. The van der Waals surface area contributed by atoms with E-state index < -0.39 is 21.4 Å². The summed E-state index contributed by atoms with van der Waals surface area (Å²) in [5, 5.41) is 9.70. The normalized spacial score (nSPS) is 26.8. The second kappa shape index (κ2) is 6.02. The van der Waals surface area contributed by atoms with Crippen molar-refractivity contribution in [2.45, 2.75) is 50.0 Å². The highest BCUT2D eigenvalue weighted by molar-refractivity contribution is 7.89. The first-order chi connectivity index (χ1) is 9.78. The van der Waals surface area contributed by atoms with Crippen molar-refractivity contribution in [1.29, 1.82) is 0 Å². The lowest BCUT2D eigenvalue weighted by molar-refractivity contribution is 0.119. The fourth-order valence-electron chi connectivity index (χ4n) is 3.18. The van der Waals surface area contributed by atoms with E-state index in [9.17, 15) is 17.9 Å². The highest BCUT2D eigenvalue weighted by Crippen LogP contribution is 2.33. The summed E-state index contributed by atoms with van der Waals surface area (Å²) in [6, 6.07) is 3.60. The molecule has 1 aromatic carbocycles. The van der Waals surface area contributed by atoms with Gasteiger partial charge in [-0.15, -0.1) is 0 Å². The van der Waals surface area contributed by atoms with Gasteiger partial charge in [-0.3, -0.25) is 0 Å². The van der Waals surface area contributed by atoms with Gasteiger partial charge in [0.15, 0.2) is 0 Å². The lowest BCUT2D eigenvalue weighted by Crippen LogP contribution is -2.53. The second-order valence-corrected chi connectivity index (χ2v) is 7.81. The zero-order valence-corrected chi connectivity index (χ0v) is 13.2. The molecule has 0 spiro atoms. The minimum atomic E-state index is -3.78. The molecule has 2 unspecified atom stereocenters. The van der Waals surface area contributed by atoms with Crippen molar-refractivity contribution in [2.24, 2.45) is 5.92 Å². The Morgan fingerprint density at radius 1 is 1.48 bits per heavy atom. The fourth-order valence-corrected chi connectivity index (χ4v) is 4.84. The Morgan fingerprint density at radius 3 is 2.76 bits per heavy atom. The molecule has 0 heterocycles. The first-order valence-electron chi connectivity index (χ1n) is 7.19. The Labute approximate surface area is 125 Å². The fraction of sp³-hybridized carbons (Fsp3) is 0.600. The minimum Gasteiger partial charge on any atom is -0.394 e. The van der Waals surface area contributed by atoms with Crippen LogP contribution >= 0.6 is 0 Å².